The molecule has 0 amide bonds. The SMILES string of the molecule is CC=Nc1c(N)cc(N2CCCCC2)cc1CC1CCC(NCN=C(C)C=NCC)CC1. The van der Waals surface area contributed by atoms with Crippen molar-refractivity contribution in [3.8, 4) is 0 Å². The fourth-order valence-corrected chi connectivity index (χ4v) is 4.92. The molecule has 1 aromatic rings. The lowest BCUT2D eigenvalue weighted by Gasteiger charge is -2.31. The van der Waals surface area contributed by atoms with Crippen molar-refractivity contribution in [1.82, 2.24) is 5.32 Å². The summed E-state index contributed by atoms with van der Waals surface area (Å²) in [6.07, 6.45) is 13.6. The lowest BCUT2D eigenvalue weighted by Crippen LogP contribution is -2.34. The van der Waals surface area contributed by atoms with E-state index in [4.69, 9.17) is 5.73 Å². The Morgan fingerprint density at radius 3 is 2.59 bits per heavy atom. The van der Waals surface area contributed by atoms with Gasteiger partial charge in [0.25, 0.3) is 0 Å². The zero-order valence-electron chi connectivity index (χ0n) is 20.3. The number of anilines is 2. The van der Waals surface area contributed by atoms with Crippen molar-refractivity contribution in [3.05, 3.63) is 17.7 Å². The second-order valence-electron chi connectivity index (χ2n) is 9.19. The first-order chi connectivity index (χ1) is 15.6. The van der Waals surface area contributed by atoms with Crippen molar-refractivity contribution in [2.24, 2.45) is 20.9 Å². The maximum absolute atomic E-state index is 6.48. The van der Waals surface area contributed by atoms with E-state index >= 15 is 0 Å². The number of benzene rings is 1. The van der Waals surface area contributed by atoms with Crippen LogP contribution in [0.1, 0.15) is 71.3 Å². The first kappa shape index (κ1) is 24.4. The van der Waals surface area contributed by atoms with E-state index in [9.17, 15) is 0 Å². The van der Waals surface area contributed by atoms with Gasteiger partial charge in [-0.15, -0.1) is 0 Å². The number of nitrogens with two attached hydrogens (primary N) is 1. The Labute approximate surface area is 194 Å². The van der Waals surface area contributed by atoms with Crippen LogP contribution in [0.25, 0.3) is 0 Å². The molecule has 1 aliphatic carbocycles. The molecule has 3 N–H and O–H groups in total. The van der Waals surface area contributed by atoms with Crippen molar-refractivity contribution < 1.29 is 0 Å². The molecule has 0 radical (unpaired) electrons. The van der Waals surface area contributed by atoms with Crippen molar-refractivity contribution in [2.45, 2.75) is 78.2 Å². The lowest BCUT2D eigenvalue weighted by molar-refractivity contribution is 0.293. The molecule has 0 atom stereocenters. The highest BCUT2D eigenvalue weighted by atomic mass is 15.1. The summed E-state index contributed by atoms with van der Waals surface area (Å²) >= 11 is 0. The maximum atomic E-state index is 6.48. The monoisotopic (exact) mass is 438 g/mol. The Morgan fingerprint density at radius 1 is 1.16 bits per heavy atom. The number of hydrogen-bond acceptors (Lipinski definition) is 6. The van der Waals surface area contributed by atoms with E-state index in [0.29, 0.717) is 18.6 Å². The summed E-state index contributed by atoms with van der Waals surface area (Å²) in [5.41, 5.74) is 11.9. The molecular formula is C26H42N6. The molecule has 32 heavy (non-hydrogen) atoms. The first-order valence-electron chi connectivity index (χ1n) is 12.5. The van der Waals surface area contributed by atoms with Gasteiger partial charge in [-0.2, -0.15) is 0 Å². The number of hydrogen-bond donors (Lipinski definition) is 2. The molecule has 1 heterocycles. The molecule has 2 aliphatic rings. The van der Waals surface area contributed by atoms with Crippen LogP contribution in [0.2, 0.25) is 0 Å². The van der Waals surface area contributed by atoms with E-state index in [0.717, 1.165) is 43.1 Å². The molecular weight excluding hydrogens is 396 g/mol. The molecule has 0 unspecified atom stereocenters. The average Bonchev–Trinajstić information content (AvgIpc) is 2.81. The highest BCUT2D eigenvalue weighted by Gasteiger charge is 2.23. The van der Waals surface area contributed by atoms with Crippen LogP contribution in [-0.4, -0.2) is 50.5 Å². The van der Waals surface area contributed by atoms with Crippen LogP contribution in [-0.2, 0) is 6.42 Å². The molecule has 6 nitrogen and oxygen atoms in total. The normalized spacial score (nSPS) is 22.8. The zero-order chi connectivity index (χ0) is 22.8. The Hall–Kier alpha value is -2.21. The van der Waals surface area contributed by atoms with Gasteiger partial charge in [0, 0.05) is 43.8 Å². The minimum atomic E-state index is 0.559. The van der Waals surface area contributed by atoms with E-state index in [1.165, 1.54) is 56.2 Å². The number of rotatable bonds is 9. The summed E-state index contributed by atoms with van der Waals surface area (Å²) in [5, 5.41) is 3.61. The molecule has 3 rings (SSSR count). The number of piperidine rings is 1. The summed E-state index contributed by atoms with van der Waals surface area (Å²) < 4.78 is 0. The number of aliphatic imine (C=N–C) groups is 3. The highest BCUT2D eigenvalue weighted by molar-refractivity contribution is 6.29. The molecule has 1 aliphatic heterocycles. The molecule has 1 saturated carbocycles. The van der Waals surface area contributed by atoms with Gasteiger partial charge in [-0.1, -0.05) is 0 Å². The van der Waals surface area contributed by atoms with E-state index in [-0.39, 0.29) is 0 Å². The summed E-state index contributed by atoms with van der Waals surface area (Å²) in [6, 6.07) is 5.05. The predicted molar refractivity (Wildman–Crippen MR) is 140 cm³/mol. The van der Waals surface area contributed by atoms with Crippen molar-refractivity contribution in [1.29, 1.82) is 0 Å². The average molecular weight is 439 g/mol. The minimum Gasteiger partial charge on any atom is -0.397 e. The molecule has 0 aromatic heterocycles. The van der Waals surface area contributed by atoms with Crippen LogP contribution in [0.3, 0.4) is 0 Å². The van der Waals surface area contributed by atoms with Crippen LogP contribution in [0.4, 0.5) is 17.1 Å². The number of nitrogen functional groups attached to an aromatic ring is 1. The molecule has 2 fully saturated rings. The van der Waals surface area contributed by atoms with Gasteiger partial charge in [-0.05, 0) is 95.8 Å². The molecule has 1 saturated heterocycles. The smallest absolute Gasteiger partial charge is 0.0890 e. The fraction of sp³-hybridized carbons (Fsp3) is 0.654. The third-order valence-corrected chi connectivity index (χ3v) is 6.71. The topological polar surface area (TPSA) is 78.4 Å². The lowest BCUT2D eigenvalue weighted by atomic mass is 9.82. The Bertz CT molecular complexity index is 799. The molecule has 6 heteroatoms. The van der Waals surface area contributed by atoms with E-state index in [1.807, 2.05) is 33.2 Å². The van der Waals surface area contributed by atoms with Gasteiger partial charge in [-0.25, -0.2) is 0 Å². The van der Waals surface area contributed by atoms with Gasteiger partial charge < -0.3 is 10.6 Å². The number of nitrogens with one attached hydrogen (secondary N) is 1. The molecule has 176 valence electrons. The first-order valence-corrected chi connectivity index (χ1v) is 12.5. The quantitative estimate of drug-likeness (QED) is 0.412. The van der Waals surface area contributed by atoms with Crippen LogP contribution >= 0.6 is 0 Å². The largest absolute Gasteiger partial charge is 0.397 e. The van der Waals surface area contributed by atoms with E-state index < -0.39 is 0 Å². The minimum absolute atomic E-state index is 0.559. The van der Waals surface area contributed by atoms with Gasteiger partial charge >= 0.3 is 0 Å². The van der Waals surface area contributed by atoms with Crippen molar-refractivity contribution >= 4 is 35.2 Å². The summed E-state index contributed by atoms with van der Waals surface area (Å²) in [7, 11) is 0. The number of nitrogens with zero attached hydrogens (tertiary/aromatic N) is 4. The van der Waals surface area contributed by atoms with Crippen LogP contribution < -0.4 is 16.0 Å². The standard InChI is InChI=1S/C26H42N6/c1-4-28-18-20(3)30-19-31-23-11-9-21(10-12-23)15-22-16-24(32-13-7-6-8-14-32)17-25(27)26(22)29-5-2/h5,16-18,21,23,31H,4,6-15,19,27H2,1-3H3. The van der Waals surface area contributed by atoms with Gasteiger partial charge in [-0.3, -0.25) is 20.3 Å². The Kier molecular flexibility index (Phi) is 9.72. The summed E-state index contributed by atoms with van der Waals surface area (Å²) in [4.78, 5) is 15.9. The Balaban J connectivity index is 1.58. The summed E-state index contributed by atoms with van der Waals surface area (Å²) in [6.45, 7) is 9.78. The summed E-state index contributed by atoms with van der Waals surface area (Å²) in [5.74, 6) is 0.691. The zero-order valence-corrected chi connectivity index (χ0v) is 20.3. The third-order valence-electron chi connectivity index (χ3n) is 6.71. The molecule has 1 aromatic carbocycles. The predicted octanol–water partition coefficient (Wildman–Crippen LogP) is 5.18. The van der Waals surface area contributed by atoms with Crippen LogP contribution in [0.15, 0.2) is 27.1 Å². The third kappa shape index (κ3) is 7.16. The van der Waals surface area contributed by atoms with E-state index in [1.54, 1.807) is 0 Å². The van der Waals surface area contributed by atoms with Gasteiger partial charge in [0.2, 0.25) is 0 Å². The second-order valence-corrected chi connectivity index (χ2v) is 9.19. The van der Waals surface area contributed by atoms with Gasteiger partial charge in [0.05, 0.1) is 23.8 Å². The van der Waals surface area contributed by atoms with E-state index in [2.05, 4.69) is 37.3 Å². The van der Waals surface area contributed by atoms with Crippen LogP contribution in [0.5, 0.6) is 0 Å². The van der Waals surface area contributed by atoms with Crippen LogP contribution in [0, 0.1) is 5.92 Å². The van der Waals surface area contributed by atoms with Gasteiger partial charge in [0.15, 0.2) is 0 Å². The maximum Gasteiger partial charge on any atom is 0.0890 e. The van der Waals surface area contributed by atoms with Gasteiger partial charge in [0.1, 0.15) is 0 Å². The fourth-order valence-electron chi connectivity index (χ4n) is 4.92. The molecule has 0 spiro atoms. The second kappa shape index (κ2) is 12.7. The van der Waals surface area contributed by atoms with Crippen molar-refractivity contribution in [3.63, 3.8) is 0 Å². The van der Waals surface area contributed by atoms with Crippen molar-refractivity contribution in [2.75, 3.05) is 36.9 Å². The Morgan fingerprint density at radius 2 is 1.91 bits per heavy atom. The molecule has 0 bridgehead atoms. The highest BCUT2D eigenvalue weighted by Crippen LogP contribution is 2.37.